The van der Waals surface area contributed by atoms with Gasteiger partial charge in [0.15, 0.2) is 11.6 Å². The molecule has 3 aromatic carbocycles. The van der Waals surface area contributed by atoms with E-state index in [0.717, 1.165) is 11.1 Å². The molecule has 142 valence electrons. The molecular weight excluding hydrogens is 353 g/mol. The van der Waals surface area contributed by atoms with E-state index in [2.05, 4.69) is 19.9 Å². The van der Waals surface area contributed by atoms with Crippen molar-refractivity contribution in [1.82, 2.24) is 0 Å². The van der Waals surface area contributed by atoms with Crippen LogP contribution in [0.1, 0.15) is 30.5 Å². The Morgan fingerprint density at radius 2 is 1.68 bits per heavy atom. The fraction of sp³-hybridized carbons (Fsp3) is 0.208. The number of hydrogen-bond acceptors (Lipinski definition) is 3. The Morgan fingerprint density at radius 3 is 2.36 bits per heavy atom. The zero-order valence-electron chi connectivity index (χ0n) is 16.0. The molecule has 0 aliphatic carbocycles. The maximum absolute atomic E-state index is 14.1. The van der Waals surface area contributed by atoms with Gasteiger partial charge in [0.05, 0.1) is 24.8 Å². The molecule has 0 atom stereocenters. The third-order valence-electron chi connectivity index (χ3n) is 4.49. The number of nitrogens with zero attached hydrogens (tertiary/aromatic N) is 1. The van der Waals surface area contributed by atoms with Crippen LogP contribution in [0.3, 0.4) is 0 Å². The fourth-order valence-corrected chi connectivity index (χ4v) is 2.83. The van der Waals surface area contributed by atoms with Gasteiger partial charge in [-0.2, -0.15) is 5.26 Å². The van der Waals surface area contributed by atoms with E-state index < -0.39 is 5.82 Å². The van der Waals surface area contributed by atoms with Gasteiger partial charge in [0.25, 0.3) is 0 Å². The van der Waals surface area contributed by atoms with Crippen LogP contribution in [-0.2, 0) is 16.8 Å². The summed E-state index contributed by atoms with van der Waals surface area (Å²) in [5, 5.41) is 8.92. The Labute approximate surface area is 165 Å². The summed E-state index contributed by atoms with van der Waals surface area (Å²) < 4.78 is 25.6. The second-order valence-electron chi connectivity index (χ2n) is 7.25. The van der Waals surface area contributed by atoms with E-state index in [1.165, 1.54) is 6.07 Å². The smallest absolute Gasteiger partial charge is 0.165 e. The average molecular weight is 375 g/mol. The van der Waals surface area contributed by atoms with Crippen LogP contribution in [0.4, 0.5) is 4.39 Å². The lowest BCUT2D eigenvalue weighted by Gasteiger charge is -2.25. The van der Waals surface area contributed by atoms with Crippen LogP contribution in [0.2, 0.25) is 0 Å². The van der Waals surface area contributed by atoms with Gasteiger partial charge in [0.1, 0.15) is 5.75 Å². The molecule has 0 saturated heterocycles. The molecule has 0 aliphatic rings. The Hall–Kier alpha value is -3.16. The summed E-state index contributed by atoms with van der Waals surface area (Å²) in [5.41, 5.74) is 2.36. The van der Waals surface area contributed by atoms with Crippen molar-refractivity contribution < 1.29 is 13.9 Å². The number of nitriles is 1. The molecule has 0 aliphatic heterocycles. The topological polar surface area (TPSA) is 42.2 Å². The van der Waals surface area contributed by atoms with Crippen molar-refractivity contribution in [3.05, 3.63) is 95.3 Å². The molecule has 4 heteroatoms. The molecule has 0 spiro atoms. The molecule has 3 nitrogen and oxygen atoms in total. The van der Waals surface area contributed by atoms with Crippen LogP contribution in [0.15, 0.2) is 72.8 Å². The van der Waals surface area contributed by atoms with E-state index in [1.807, 2.05) is 42.5 Å². The van der Waals surface area contributed by atoms with Crippen LogP contribution in [0.5, 0.6) is 11.5 Å². The van der Waals surface area contributed by atoms with Crippen LogP contribution in [0.25, 0.3) is 0 Å². The van der Waals surface area contributed by atoms with E-state index in [1.54, 1.807) is 24.3 Å². The molecule has 3 rings (SSSR count). The predicted octanol–water partition coefficient (Wildman–Crippen LogP) is 5.98. The average Bonchev–Trinajstić information content (AvgIpc) is 2.71. The monoisotopic (exact) mass is 375 g/mol. The summed E-state index contributed by atoms with van der Waals surface area (Å²) in [6, 6.07) is 23.5. The van der Waals surface area contributed by atoms with Gasteiger partial charge in [-0.1, -0.05) is 50.2 Å². The molecule has 0 fully saturated rings. The molecule has 0 radical (unpaired) electrons. The number of para-hydroxylation sites is 1. The summed E-state index contributed by atoms with van der Waals surface area (Å²) in [7, 11) is 0. The molecule has 0 unspecified atom stereocenters. The van der Waals surface area contributed by atoms with E-state index in [4.69, 9.17) is 14.7 Å². The molecule has 0 heterocycles. The summed E-state index contributed by atoms with van der Waals surface area (Å²) in [5.74, 6) is 0.352. The minimum absolute atomic E-state index is 0.179. The molecule has 3 aromatic rings. The Balaban J connectivity index is 1.62. The minimum atomic E-state index is -0.412. The summed E-state index contributed by atoms with van der Waals surface area (Å²) in [6.07, 6.45) is 0. The third-order valence-corrected chi connectivity index (χ3v) is 4.49. The largest absolute Gasteiger partial charge is 0.454 e. The normalized spacial score (nSPS) is 11.1. The molecule has 28 heavy (non-hydrogen) atoms. The Kier molecular flexibility index (Phi) is 6.08. The lowest BCUT2D eigenvalue weighted by molar-refractivity contribution is 0.0823. The van der Waals surface area contributed by atoms with Crippen LogP contribution >= 0.6 is 0 Å². The zero-order valence-corrected chi connectivity index (χ0v) is 16.0. The quantitative estimate of drug-likeness (QED) is 0.510. The number of rotatable bonds is 7. The first-order chi connectivity index (χ1) is 13.5. The van der Waals surface area contributed by atoms with Gasteiger partial charge in [-0.15, -0.1) is 0 Å². The van der Waals surface area contributed by atoms with Crippen molar-refractivity contribution in [3.63, 3.8) is 0 Å². The molecule has 0 aromatic heterocycles. The number of ether oxygens (including phenoxy) is 2. The van der Waals surface area contributed by atoms with Crippen molar-refractivity contribution >= 4 is 0 Å². The highest BCUT2D eigenvalue weighted by Crippen LogP contribution is 2.27. The van der Waals surface area contributed by atoms with Gasteiger partial charge in [-0.25, -0.2) is 4.39 Å². The van der Waals surface area contributed by atoms with E-state index in [-0.39, 0.29) is 11.2 Å². The summed E-state index contributed by atoms with van der Waals surface area (Å²) in [4.78, 5) is 0. The predicted molar refractivity (Wildman–Crippen MR) is 107 cm³/mol. The number of hydrogen-bond donors (Lipinski definition) is 0. The van der Waals surface area contributed by atoms with Crippen LogP contribution in [-0.4, -0.2) is 6.61 Å². The van der Waals surface area contributed by atoms with Gasteiger partial charge >= 0.3 is 0 Å². The first kappa shape index (κ1) is 19.6. The molecule has 0 N–H and O–H groups in total. The van der Waals surface area contributed by atoms with E-state index in [0.29, 0.717) is 24.5 Å². The SMILES string of the molecule is CC(C)(COCc1ccc(F)c(Oc2ccccc2)c1)c1ccc(C#N)cc1. The third kappa shape index (κ3) is 4.97. The van der Waals surface area contributed by atoms with Crippen molar-refractivity contribution in [1.29, 1.82) is 5.26 Å². The standard InChI is InChI=1S/C24H22FNO2/c1-24(2,20-11-8-18(15-26)9-12-20)17-27-16-19-10-13-22(25)23(14-19)28-21-6-4-3-5-7-21/h3-14H,16-17H2,1-2H3. The van der Waals surface area contributed by atoms with Gasteiger partial charge < -0.3 is 9.47 Å². The maximum Gasteiger partial charge on any atom is 0.165 e. The van der Waals surface area contributed by atoms with E-state index in [9.17, 15) is 4.39 Å². The number of halogens is 1. The first-order valence-corrected chi connectivity index (χ1v) is 9.08. The second-order valence-corrected chi connectivity index (χ2v) is 7.25. The van der Waals surface area contributed by atoms with Gasteiger partial charge in [-0.05, 0) is 47.5 Å². The highest BCUT2D eigenvalue weighted by atomic mass is 19.1. The zero-order chi connectivity index (χ0) is 20.0. The fourth-order valence-electron chi connectivity index (χ4n) is 2.83. The Bertz CT molecular complexity index is 960. The van der Waals surface area contributed by atoms with Gasteiger partial charge in [0, 0.05) is 5.41 Å². The maximum atomic E-state index is 14.1. The van der Waals surface area contributed by atoms with Gasteiger partial charge in [0.2, 0.25) is 0 Å². The summed E-state index contributed by atoms with van der Waals surface area (Å²) >= 11 is 0. The first-order valence-electron chi connectivity index (χ1n) is 9.08. The summed E-state index contributed by atoms with van der Waals surface area (Å²) in [6.45, 7) is 5.02. The van der Waals surface area contributed by atoms with Crippen molar-refractivity contribution in [2.45, 2.75) is 25.9 Å². The lowest BCUT2D eigenvalue weighted by atomic mass is 9.85. The molecule has 0 bridgehead atoms. The highest BCUT2D eigenvalue weighted by molar-refractivity contribution is 5.36. The van der Waals surface area contributed by atoms with Crippen molar-refractivity contribution in [3.8, 4) is 17.6 Å². The van der Waals surface area contributed by atoms with E-state index >= 15 is 0 Å². The second kappa shape index (κ2) is 8.69. The molecular formula is C24H22FNO2. The lowest BCUT2D eigenvalue weighted by Crippen LogP contribution is -2.24. The highest BCUT2D eigenvalue weighted by Gasteiger charge is 2.21. The molecule has 0 amide bonds. The molecule has 0 saturated carbocycles. The van der Waals surface area contributed by atoms with Gasteiger partial charge in [-0.3, -0.25) is 0 Å². The van der Waals surface area contributed by atoms with Crippen LogP contribution in [0, 0.1) is 17.1 Å². The van der Waals surface area contributed by atoms with Crippen molar-refractivity contribution in [2.75, 3.05) is 6.61 Å². The Morgan fingerprint density at radius 1 is 0.964 bits per heavy atom. The number of benzene rings is 3. The van der Waals surface area contributed by atoms with Crippen LogP contribution < -0.4 is 4.74 Å². The minimum Gasteiger partial charge on any atom is -0.454 e. The van der Waals surface area contributed by atoms with Crippen molar-refractivity contribution in [2.24, 2.45) is 0 Å².